The van der Waals surface area contributed by atoms with E-state index in [-0.39, 0.29) is 6.10 Å². The Hall–Kier alpha value is -1.43. The molecule has 1 aliphatic rings. The van der Waals surface area contributed by atoms with Crippen molar-refractivity contribution >= 4 is 11.0 Å². The van der Waals surface area contributed by atoms with E-state index in [4.69, 9.17) is 15.2 Å². The van der Waals surface area contributed by atoms with Gasteiger partial charge in [-0.2, -0.15) is 0 Å². The lowest BCUT2D eigenvalue weighted by atomic mass is 10.2. The van der Waals surface area contributed by atoms with E-state index in [0.717, 1.165) is 22.4 Å². The van der Waals surface area contributed by atoms with E-state index < -0.39 is 0 Å². The summed E-state index contributed by atoms with van der Waals surface area (Å²) in [4.78, 5) is 7.83. The molecule has 17 heavy (non-hydrogen) atoms. The van der Waals surface area contributed by atoms with Crippen LogP contribution < -0.4 is 5.73 Å². The van der Waals surface area contributed by atoms with Gasteiger partial charge in [0.25, 0.3) is 0 Å². The summed E-state index contributed by atoms with van der Waals surface area (Å²) in [5.74, 6) is 0.820. The highest BCUT2D eigenvalue weighted by molar-refractivity contribution is 5.78. The van der Waals surface area contributed by atoms with Crippen molar-refractivity contribution in [3.63, 3.8) is 0 Å². The molecule has 0 saturated carbocycles. The molecule has 3 rings (SSSR count). The van der Waals surface area contributed by atoms with E-state index in [0.29, 0.717) is 26.4 Å². The fourth-order valence-electron chi connectivity index (χ4n) is 2.07. The van der Waals surface area contributed by atoms with Crippen LogP contribution in [0.25, 0.3) is 11.0 Å². The van der Waals surface area contributed by atoms with Crippen LogP contribution in [0, 0.1) is 0 Å². The van der Waals surface area contributed by atoms with E-state index >= 15 is 0 Å². The average molecular weight is 233 g/mol. The van der Waals surface area contributed by atoms with Gasteiger partial charge in [0, 0.05) is 6.54 Å². The second-order valence-corrected chi connectivity index (χ2v) is 4.07. The highest BCUT2D eigenvalue weighted by Crippen LogP contribution is 2.23. The summed E-state index contributed by atoms with van der Waals surface area (Å²) >= 11 is 0. The minimum absolute atomic E-state index is 0.0956. The highest BCUT2D eigenvalue weighted by atomic mass is 16.6. The monoisotopic (exact) mass is 233 g/mol. The number of hydrogen-bond donors (Lipinski definition) is 2. The third-order valence-corrected chi connectivity index (χ3v) is 2.96. The lowest BCUT2D eigenvalue weighted by Crippen LogP contribution is -2.22. The summed E-state index contributed by atoms with van der Waals surface area (Å²) < 4.78 is 11.0. The Morgan fingerprint density at radius 3 is 3.12 bits per heavy atom. The summed E-state index contributed by atoms with van der Waals surface area (Å²) in [5.41, 5.74) is 8.66. The zero-order chi connectivity index (χ0) is 11.7. The molecule has 5 heteroatoms. The summed E-state index contributed by atoms with van der Waals surface area (Å²) in [6, 6.07) is 5.96. The largest absolute Gasteiger partial charge is 0.376 e. The molecule has 1 fully saturated rings. The van der Waals surface area contributed by atoms with Crippen LogP contribution in [-0.2, 0) is 16.0 Å². The second kappa shape index (κ2) is 4.44. The maximum absolute atomic E-state index is 5.69. The van der Waals surface area contributed by atoms with Crippen molar-refractivity contribution in [3.8, 4) is 0 Å². The zero-order valence-corrected chi connectivity index (χ0v) is 9.48. The smallest absolute Gasteiger partial charge is 0.138 e. The number of nitrogens with two attached hydrogens (primary N) is 1. The van der Waals surface area contributed by atoms with Crippen molar-refractivity contribution in [2.45, 2.75) is 12.6 Å². The number of para-hydroxylation sites is 1. The molecule has 0 amide bonds. The molecular weight excluding hydrogens is 218 g/mol. The molecule has 1 atom stereocenters. The van der Waals surface area contributed by atoms with Crippen molar-refractivity contribution in [3.05, 3.63) is 29.6 Å². The summed E-state index contributed by atoms with van der Waals surface area (Å²) in [6.07, 6.45) is -0.0956. The minimum atomic E-state index is -0.0956. The molecule has 0 bridgehead atoms. The van der Waals surface area contributed by atoms with Crippen LogP contribution in [0.4, 0.5) is 0 Å². The molecular formula is C12H15N3O2. The number of rotatable bonds is 2. The number of fused-ring (bicyclic) bond motifs is 1. The van der Waals surface area contributed by atoms with Crippen molar-refractivity contribution in [2.75, 3.05) is 19.8 Å². The normalized spacial score (nSPS) is 20.9. The van der Waals surface area contributed by atoms with Gasteiger partial charge in [-0.3, -0.25) is 0 Å². The summed E-state index contributed by atoms with van der Waals surface area (Å²) in [6.45, 7) is 2.32. The van der Waals surface area contributed by atoms with Gasteiger partial charge in [0.2, 0.25) is 0 Å². The Bertz CT molecular complexity index is 517. The average Bonchev–Trinajstić information content (AvgIpc) is 2.83. The van der Waals surface area contributed by atoms with E-state index in [2.05, 4.69) is 9.97 Å². The van der Waals surface area contributed by atoms with Gasteiger partial charge in [-0.25, -0.2) is 4.98 Å². The molecule has 1 unspecified atom stereocenters. The first kappa shape index (κ1) is 10.7. The van der Waals surface area contributed by atoms with Gasteiger partial charge in [0.15, 0.2) is 0 Å². The number of aromatic amines is 1. The van der Waals surface area contributed by atoms with Gasteiger partial charge in [0.1, 0.15) is 11.9 Å². The maximum Gasteiger partial charge on any atom is 0.138 e. The quantitative estimate of drug-likeness (QED) is 0.815. The van der Waals surface area contributed by atoms with Crippen LogP contribution >= 0.6 is 0 Å². The lowest BCUT2D eigenvalue weighted by molar-refractivity contribution is -0.0931. The highest BCUT2D eigenvalue weighted by Gasteiger charge is 2.20. The number of nitrogens with one attached hydrogen (secondary N) is 1. The van der Waals surface area contributed by atoms with Gasteiger partial charge in [-0.05, 0) is 11.6 Å². The lowest BCUT2D eigenvalue weighted by Gasteiger charge is -2.20. The third kappa shape index (κ3) is 1.93. The van der Waals surface area contributed by atoms with Crippen molar-refractivity contribution in [1.82, 2.24) is 9.97 Å². The molecule has 90 valence electrons. The van der Waals surface area contributed by atoms with E-state index in [1.807, 2.05) is 18.2 Å². The number of aromatic nitrogens is 2. The van der Waals surface area contributed by atoms with Gasteiger partial charge in [0.05, 0.1) is 30.9 Å². The molecule has 3 N–H and O–H groups in total. The predicted molar refractivity (Wildman–Crippen MR) is 63.5 cm³/mol. The molecule has 2 heterocycles. The predicted octanol–water partition coefficient (Wildman–Crippen LogP) is 1.11. The van der Waals surface area contributed by atoms with Crippen LogP contribution in [0.15, 0.2) is 18.2 Å². The fourth-order valence-corrected chi connectivity index (χ4v) is 2.07. The summed E-state index contributed by atoms with van der Waals surface area (Å²) in [7, 11) is 0. The minimum Gasteiger partial charge on any atom is -0.376 e. The van der Waals surface area contributed by atoms with Gasteiger partial charge < -0.3 is 20.2 Å². The Kier molecular flexibility index (Phi) is 2.80. The number of benzene rings is 1. The molecule has 0 radical (unpaired) electrons. The number of H-pyrrole nitrogens is 1. The van der Waals surface area contributed by atoms with Crippen LogP contribution in [0.2, 0.25) is 0 Å². The number of ether oxygens (including phenoxy) is 2. The standard InChI is InChI=1S/C12H15N3O2/c13-6-8-2-1-3-9-11(8)15-12(14-9)10-7-16-4-5-17-10/h1-3,10H,4-7,13H2,(H,14,15). The van der Waals surface area contributed by atoms with E-state index in [1.54, 1.807) is 0 Å². The first-order chi connectivity index (χ1) is 8.38. The Balaban J connectivity index is 2.00. The SMILES string of the molecule is NCc1cccc2[nH]c(C3COCCO3)nc12. The molecule has 1 saturated heterocycles. The second-order valence-electron chi connectivity index (χ2n) is 4.07. The maximum atomic E-state index is 5.69. The summed E-state index contributed by atoms with van der Waals surface area (Å²) in [5, 5.41) is 0. The first-order valence-electron chi connectivity index (χ1n) is 5.75. The Labute approximate surface area is 98.9 Å². The van der Waals surface area contributed by atoms with E-state index in [9.17, 15) is 0 Å². The third-order valence-electron chi connectivity index (χ3n) is 2.96. The fraction of sp³-hybridized carbons (Fsp3) is 0.417. The first-order valence-corrected chi connectivity index (χ1v) is 5.75. The van der Waals surface area contributed by atoms with Crippen LogP contribution in [0.1, 0.15) is 17.5 Å². The van der Waals surface area contributed by atoms with Gasteiger partial charge >= 0.3 is 0 Å². The number of imidazole rings is 1. The van der Waals surface area contributed by atoms with Crippen molar-refractivity contribution in [2.24, 2.45) is 5.73 Å². The van der Waals surface area contributed by atoms with Crippen LogP contribution in [0.3, 0.4) is 0 Å². The van der Waals surface area contributed by atoms with E-state index in [1.165, 1.54) is 0 Å². The Morgan fingerprint density at radius 1 is 1.41 bits per heavy atom. The number of hydrogen-bond acceptors (Lipinski definition) is 4. The van der Waals surface area contributed by atoms with Crippen molar-refractivity contribution < 1.29 is 9.47 Å². The van der Waals surface area contributed by atoms with Gasteiger partial charge in [-0.15, -0.1) is 0 Å². The molecule has 2 aromatic rings. The van der Waals surface area contributed by atoms with Gasteiger partial charge in [-0.1, -0.05) is 12.1 Å². The Morgan fingerprint density at radius 2 is 2.35 bits per heavy atom. The molecule has 0 spiro atoms. The zero-order valence-electron chi connectivity index (χ0n) is 9.48. The number of nitrogens with zero attached hydrogens (tertiary/aromatic N) is 1. The van der Waals surface area contributed by atoms with Crippen LogP contribution in [-0.4, -0.2) is 29.8 Å². The topological polar surface area (TPSA) is 73.2 Å². The molecule has 0 aliphatic carbocycles. The van der Waals surface area contributed by atoms with Crippen LogP contribution in [0.5, 0.6) is 0 Å². The molecule has 5 nitrogen and oxygen atoms in total. The molecule has 1 aliphatic heterocycles. The van der Waals surface area contributed by atoms with Crippen molar-refractivity contribution in [1.29, 1.82) is 0 Å². The molecule has 1 aromatic heterocycles. The molecule has 1 aromatic carbocycles.